The standard InChI is InChI=1S/C4H3FN2O2.C4H6O3/c5-2-1-6-4(9)7-3(2)8;5-3-1-2-4(6)7/h1H,(H2,6,7,8,9);3H,1-2H2,(H,6,7). The zero-order valence-corrected chi connectivity index (χ0v) is 8.03. The highest BCUT2D eigenvalue weighted by molar-refractivity contribution is 5.70. The normalized spacial score (nSPS) is 8.81. The molecule has 0 amide bonds. The predicted molar refractivity (Wildman–Crippen MR) is 50.6 cm³/mol. The Kier molecular flexibility index (Phi) is 6.10. The lowest BCUT2D eigenvalue weighted by Gasteiger charge is -1.81. The molecule has 1 rings (SSSR count). The van der Waals surface area contributed by atoms with Gasteiger partial charge >= 0.3 is 11.7 Å². The number of hydrogen-bond acceptors (Lipinski definition) is 4. The molecule has 0 aliphatic carbocycles. The van der Waals surface area contributed by atoms with Gasteiger partial charge < -0.3 is 14.9 Å². The van der Waals surface area contributed by atoms with Gasteiger partial charge in [0.05, 0.1) is 6.42 Å². The number of aromatic amines is 2. The summed E-state index contributed by atoms with van der Waals surface area (Å²) in [5.41, 5.74) is -1.71. The van der Waals surface area contributed by atoms with Crippen molar-refractivity contribution in [3.63, 3.8) is 0 Å². The third-order valence-corrected chi connectivity index (χ3v) is 1.25. The SMILES string of the molecule is O=CCCC(=O)O.O=c1[nH]cc(F)c(=O)[nH]1. The van der Waals surface area contributed by atoms with Gasteiger partial charge in [0.1, 0.15) is 6.29 Å². The molecule has 0 unspecified atom stereocenters. The smallest absolute Gasteiger partial charge is 0.325 e. The van der Waals surface area contributed by atoms with E-state index in [1.54, 1.807) is 4.98 Å². The lowest BCUT2D eigenvalue weighted by molar-refractivity contribution is -0.137. The number of aliphatic carboxylic acids is 1. The second-order valence-corrected chi connectivity index (χ2v) is 2.52. The first-order valence-corrected chi connectivity index (χ1v) is 4.10. The summed E-state index contributed by atoms with van der Waals surface area (Å²) in [4.78, 5) is 43.1. The van der Waals surface area contributed by atoms with Crippen LogP contribution in [-0.4, -0.2) is 27.3 Å². The Morgan fingerprint density at radius 1 is 1.50 bits per heavy atom. The van der Waals surface area contributed by atoms with Crippen LogP contribution in [-0.2, 0) is 9.59 Å². The molecule has 0 aliphatic heterocycles. The number of aldehydes is 1. The lowest BCUT2D eigenvalue weighted by Crippen LogP contribution is -2.23. The van der Waals surface area contributed by atoms with Crippen LogP contribution in [0.2, 0.25) is 0 Å². The number of carbonyl (C=O) groups excluding carboxylic acids is 1. The number of aromatic nitrogens is 2. The Morgan fingerprint density at radius 3 is 2.44 bits per heavy atom. The van der Waals surface area contributed by atoms with Crippen LogP contribution in [0.3, 0.4) is 0 Å². The Morgan fingerprint density at radius 2 is 2.12 bits per heavy atom. The fraction of sp³-hybridized carbons (Fsp3) is 0.250. The molecule has 0 radical (unpaired) electrons. The number of halogens is 1. The van der Waals surface area contributed by atoms with Crippen LogP contribution in [0.4, 0.5) is 4.39 Å². The summed E-state index contributed by atoms with van der Waals surface area (Å²) in [5, 5.41) is 7.89. The molecular formula is C8H9FN2O5. The van der Waals surface area contributed by atoms with E-state index in [2.05, 4.69) is 0 Å². The van der Waals surface area contributed by atoms with Gasteiger partial charge in [0, 0.05) is 12.6 Å². The van der Waals surface area contributed by atoms with Gasteiger partial charge in [0.2, 0.25) is 5.82 Å². The van der Waals surface area contributed by atoms with Gasteiger partial charge in [-0.3, -0.25) is 14.6 Å². The van der Waals surface area contributed by atoms with Crippen molar-refractivity contribution in [1.29, 1.82) is 0 Å². The van der Waals surface area contributed by atoms with E-state index in [9.17, 15) is 23.6 Å². The van der Waals surface area contributed by atoms with Crippen molar-refractivity contribution in [2.45, 2.75) is 12.8 Å². The summed E-state index contributed by atoms with van der Waals surface area (Å²) in [6.07, 6.45) is 1.37. The first-order valence-electron chi connectivity index (χ1n) is 4.10. The fourth-order valence-electron chi connectivity index (χ4n) is 0.576. The van der Waals surface area contributed by atoms with E-state index in [1.807, 2.05) is 4.98 Å². The zero-order chi connectivity index (χ0) is 12.6. The summed E-state index contributed by atoms with van der Waals surface area (Å²) < 4.78 is 12.0. The third kappa shape index (κ3) is 6.24. The molecule has 1 heterocycles. The first kappa shape index (κ1) is 13.8. The molecule has 16 heavy (non-hydrogen) atoms. The molecule has 0 fully saturated rings. The van der Waals surface area contributed by atoms with E-state index in [4.69, 9.17) is 5.11 Å². The van der Waals surface area contributed by atoms with Crippen LogP contribution in [0, 0.1) is 5.82 Å². The molecule has 0 aliphatic rings. The molecule has 7 nitrogen and oxygen atoms in total. The molecule has 1 aromatic heterocycles. The number of nitrogens with one attached hydrogen (secondary N) is 2. The van der Waals surface area contributed by atoms with Gasteiger partial charge in [-0.1, -0.05) is 0 Å². The van der Waals surface area contributed by atoms with E-state index in [0.717, 1.165) is 0 Å². The first-order chi connectivity index (χ1) is 7.47. The van der Waals surface area contributed by atoms with Crippen LogP contribution in [0.15, 0.2) is 15.8 Å². The molecule has 8 heteroatoms. The van der Waals surface area contributed by atoms with Crippen molar-refractivity contribution in [3.8, 4) is 0 Å². The van der Waals surface area contributed by atoms with Gasteiger partial charge in [-0.2, -0.15) is 4.39 Å². The molecule has 0 saturated heterocycles. The van der Waals surface area contributed by atoms with Gasteiger partial charge in [0.25, 0.3) is 5.56 Å². The molecule has 88 valence electrons. The molecule has 1 aromatic rings. The molecule has 0 atom stereocenters. The van der Waals surface area contributed by atoms with E-state index in [1.165, 1.54) is 0 Å². The van der Waals surface area contributed by atoms with E-state index < -0.39 is 23.0 Å². The topological polar surface area (TPSA) is 120 Å². The van der Waals surface area contributed by atoms with Gasteiger partial charge in [-0.25, -0.2) is 4.79 Å². The maximum absolute atomic E-state index is 12.0. The number of rotatable bonds is 3. The molecule has 3 N–H and O–H groups in total. The highest BCUT2D eigenvalue weighted by Crippen LogP contribution is 1.80. The van der Waals surface area contributed by atoms with Crippen LogP contribution < -0.4 is 11.2 Å². The van der Waals surface area contributed by atoms with Crippen molar-refractivity contribution in [3.05, 3.63) is 32.9 Å². The second-order valence-electron chi connectivity index (χ2n) is 2.52. The third-order valence-electron chi connectivity index (χ3n) is 1.25. The minimum Gasteiger partial charge on any atom is -0.481 e. The summed E-state index contributed by atoms with van der Waals surface area (Å²) in [7, 11) is 0. The van der Waals surface area contributed by atoms with Crippen LogP contribution in [0.5, 0.6) is 0 Å². The average Bonchev–Trinajstić information content (AvgIpc) is 2.22. The summed E-state index contributed by atoms with van der Waals surface area (Å²) in [6, 6.07) is 0. The van der Waals surface area contributed by atoms with E-state index >= 15 is 0 Å². The second kappa shape index (κ2) is 7.10. The Labute approximate surface area is 87.9 Å². The van der Waals surface area contributed by atoms with Crippen LogP contribution in [0.25, 0.3) is 0 Å². The summed E-state index contributed by atoms with van der Waals surface area (Å²) in [5.74, 6) is -1.92. The Bertz CT molecular complexity index is 464. The van der Waals surface area contributed by atoms with Crippen molar-refractivity contribution >= 4 is 12.3 Å². The average molecular weight is 232 g/mol. The fourth-order valence-corrected chi connectivity index (χ4v) is 0.576. The van der Waals surface area contributed by atoms with Crippen molar-refractivity contribution in [2.24, 2.45) is 0 Å². The number of hydrogen-bond donors (Lipinski definition) is 3. The van der Waals surface area contributed by atoms with Crippen molar-refractivity contribution < 1.29 is 19.1 Å². The highest BCUT2D eigenvalue weighted by Gasteiger charge is 1.93. The minimum atomic E-state index is -1.00. The highest BCUT2D eigenvalue weighted by atomic mass is 19.1. The molecule has 0 aromatic carbocycles. The summed E-state index contributed by atoms with van der Waals surface area (Å²) in [6.45, 7) is 0. The predicted octanol–water partition coefficient (Wildman–Crippen LogP) is -0.748. The molecule has 0 saturated carbocycles. The van der Waals surface area contributed by atoms with Crippen LogP contribution >= 0.6 is 0 Å². The lowest BCUT2D eigenvalue weighted by atomic mass is 10.3. The zero-order valence-electron chi connectivity index (χ0n) is 8.03. The minimum absolute atomic E-state index is 0.0521. The largest absolute Gasteiger partial charge is 0.481 e. The van der Waals surface area contributed by atoms with Crippen molar-refractivity contribution in [2.75, 3.05) is 0 Å². The van der Waals surface area contributed by atoms with Crippen LogP contribution in [0.1, 0.15) is 12.8 Å². The number of carboxylic acid groups (broad SMARTS) is 1. The quantitative estimate of drug-likeness (QED) is 0.592. The number of carbonyl (C=O) groups is 2. The maximum Gasteiger partial charge on any atom is 0.325 e. The molecular weight excluding hydrogens is 223 g/mol. The Balaban J connectivity index is 0.000000293. The maximum atomic E-state index is 12.0. The molecule has 0 bridgehead atoms. The van der Waals surface area contributed by atoms with E-state index in [0.29, 0.717) is 12.5 Å². The molecule has 0 spiro atoms. The van der Waals surface area contributed by atoms with Gasteiger partial charge in [0.15, 0.2) is 0 Å². The van der Waals surface area contributed by atoms with Gasteiger partial charge in [-0.05, 0) is 0 Å². The summed E-state index contributed by atoms with van der Waals surface area (Å²) >= 11 is 0. The van der Waals surface area contributed by atoms with E-state index in [-0.39, 0.29) is 12.8 Å². The number of H-pyrrole nitrogens is 2. The Hall–Kier alpha value is -2.25. The number of carboxylic acids is 1. The van der Waals surface area contributed by atoms with Crippen molar-refractivity contribution in [1.82, 2.24) is 9.97 Å². The van der Waals surface area contributed by atoms with Gasteiger partial charge in [-0.15, -0.1) is 0 Å². The monoisotopic (exact) mass is 232 g/mol.